The zero-order chi connectivity index (χ0) is 32.9. The summed E-state index contributed by atoms with van der Waals surface area (Å²) in [4.78, 5) is 25.9. The number of anilines is 2. The van der Waals surface area contributed by atoms with Crippen molar-refractivity contribution in [1.29, 1.82) is 0 Å². The first-order valence-electron chi connectivity index (χ1n) is 14.0. The number of hydrogen-bond acceptors (Lipinski definition) is 8. The second-order valence-corrected chi connectivity index (χ2v) is 13.2. The third-order valence-electron chi connectivity index (χ3n) is 6.68. The van der Waals surface area contributed by atoms with E-state index in [1.54, 1.807) is 57.2 Å². The Morgan fingerprint density at radius 2 is 1.91 bits per heavy atom. The number of thioether (sulfide) groups is 1. The van der Waals surface area contributed by atoms with E-state index in [4.69, 9.17) is 9.47 Å². The van der Waals surface area contributed by atoms with Gasteiger partial charge in [-0.1, -0.05) is 24.0 Å². The average molecular weight is 667 g/mol. The number of thiophene rings is 1. The minimum Gasteiger partial charge on any atom is -0.495 e. The molecule has 242 valence electrons. The van der Waals surface area contributed by atoms with E-state index in [1.807, 2.05) is 0 Å². The van der Waals surface area contributed by atoms with Crippen molar-refractivity contribution >= 4 is 56.6 Å². The lowest BCUT2D eigenvalue weighted by atomic mass is 10.0. The van der Waals surface area contributed by atoms with Gasteiger partial charge in [0.15, 0.2) is 0 Å². The van der Waals surface area contributed by atoms with Gasteiger partial charge in [-0.15, -0.1) is 11.3 Å². The largest absolute Gasteiger partial charge is 0.495 e. The maximum absolute atomic E-state index is 15.3. The van der Waals surface area contributed by atoms with Gasteiger partial charge in [-0.3, -0.25) is 4.79 Å². The first kappa shape index (κ1) is 34.1. The number of carbonyl (C=O) groups is 2. The fraction of sp³-hybridized carbons (Fsp3) is 0.419. The van der Waals surface area contributed by atoms with E-state index < -0.39 is 29.4 Å². The van der Waals surface area contributed by atoms with Crippen molar-refractivity contribution < 1.29 is 36.6 Å². The Kier molecular flexibility index (Phi) is 10.7. The summed E-state index contributed by atoms with van der Waals surface area (Å²) in [6, 6.07) is 9.06. The van der Waals surface area contributed by atoms with Gasteiger partial charge in [0.25, 0.3) is 5.91 Å². The van der Waals surface area contributed by atoms with Crippen molar-refractivity contribution in [3.8, 4) is 17.6 Å². The van der Waals surface area contributed by atoms with Crippen LogP contribution >= 0.6 is 23.1 Å². The molecule has 1 aromatic heterocycles. The predicted octanol–water partition coefficient (Wildman–Crippen LogP) is 7.10. The summed E-state index contributed by atoms with van der Waals surface area (Å²) in [6.45, 7) is 5.37. The second-order valence-electron chi connectivity index (χ2n) is 11.1. The fourth-order valence-electron chi connectivity index (χ4n) is 4.66. The van der Waals surface area contributed by atoms with Crippen LogP contribution in [0.5, 0.6) is 5.75 Å². The Morgan fingerprint density at radius 1 is 1.16 bits per heavy atom. The molecule has 1 fully saturated rings. The van der Waals surface area contributed by atoms with E-state index >= 15 is 4.39 Å². The van der Waals surface area contributed by atoms with E-state index in [1.165, 1.54) is 19.1 Å². The summed E-state index contributed by atoms with van der Waals surface area (Å²) in [5.41, 5.74) is -3.88. The molecule has 2 aromatic carbocycles. The fourth-order valence-corrected chi connectivity index (χ4v) is 6.68. The van der Waals surface area contributed by atoms with Gasteiger partial charge in [0, 0.05) is 24.5 Å². The van der Waals surface area contributed by atoms with Crippen molar-refractivity contribution in [3.63, 3.8) is 0 Å². The highest BCUT2D eigenvalue weighted by Crippen LogP contribution is 2.47. The number of alkyl halides is 4. The predicted molar refractivity (Wildman–Crippen MR) is 170 cm³/mol. The molecule has 0 saturated carbocycles. The number of likely N-dealkylation sites (tertiary alicyclic amines) is 1. The standard InChI is InChI=1S/C31H34F4N4O4S2/c1-30(2,3)43-29(41)39-15-13-21(20(32)17-39)38-22-9-6-8-19-26(22)44-25(27(19)45-31(33,34)35)10-7-14-37-23-16-18(28(40)36-4)11-12-24(23)42-5/h6,8-9,11-12,16,20-21,37-38H,13-15,17H2,1-5H3,(H,36,40)/t20-,21+/m0/s1. The van der Waals surface area contributed by atoms with Crippen LogP contribution in [0.3, 0.4) is 0 Å². The highest BCUT2D eigenvalue weighted by molar-refractivity contribution is 8.00. The van der Waals surface area contributed by atoms with Gasteiger partial charge in [0.1, 0.15) is 17.5 Å². The van der Waals surface area contributed by atoms with Crippen molar-refractivity contribution in [2.45, 2.75) is 55.4 Å². The first-order valence-corrected chi connectivity index (χ1v) is 15.6. The summed E-state index contributed by atoms with van der Waals surface area (Å²) in [7, 11) is 2.99. The minimum absolute atomic E-state index is 0.0330. The Hall–Kier alpha value is -3.83. The normalized spacial score (nSPS) is 16.9. The molecule has 1 aliphatic heterocycles. The van der Waals surface area contributed by atoms with E-state index in [0.29, 0.717) is 32.8 Å². The van der Waals surface area contributed by atoms with Crippen molar-refractivity contribution in [1.82, 2.24) is 10.2 Å². The number of fused-ring (bicyclic) bond motifs is 1. The lowest BCUT2D eigenvalue weighted by molar-refractivity contribution is -0.0327. The lowest BCUT2D eigenvalue weighted by Gasteiger charge is -2.36. The van der Waals surface area contributed by atoms with Crippen LogP contribution in [-0.4, -0.2) is 74.0 Å². The van der Waals surface area contributed by atoms with E-state index in [-0.39, 0.29) is 53.5 Å². The Balaban J connectivity index is 1.56. The van der Waals surface area contributed by atoms with Gasteiger partial charge in [-0.05, 0) is 63.2 Å². The number of rotatable bonds is 7. The molecule has 3 N–H and O–H groups in total. The number of nitrogens with zero attached hydrogens (tertiary/aromatic N) is 1. The van der Waals surface area contributed by atoms with E-state index in [9.17, 15) is 22.8 Å². The molecule has 1 saturated heterocycles. The monoisotopic (exact) mass is 666 g/mol. The molecule has 3 aromatic rings. The highest BCUT2D eigenvalue weighted by atomic mass is 32.2. The van der Waals surface area contributed by atoms with Gasteiger partial charge in [-0.25, -0.2) is 9.18 Å². The molecule has 2 heterocycles. The van der Waals surface area contributed by atoms with Gasteiger partial charge in [0.05, 0.1) is 52.1 Å². The molecule has 0 bridgehead atoms. The third kappa shape index (κ3) is 8.88. The van der Waals surface area contributed by atoms with Crippen molar-refractivity contribution in [3.05, 3.63) is 46.8 Å². The van der Waals surface area contributed by atoms with Crippen LogP contribution in [0.2, 0.25) is 0 Å². The zero-order valence-corrected chi connectivity index (χ0v) is 27.0. The van der Waals surface area contributed by atoms with Crippen LogP contribution in [0, 0.1) is 11.8 Å². The molecule has 0 spiro atoms. The molecular formula is C31H34F4N4O4S2. The molecule has 14 heteroatoms. The molecule has 2 amide bonds. The average Bonchev–Trinajstić information content (AvgIpc) is 3.31. The van der Waals surface area contributed by atoms with Crippen LogP contribution in [0.15, 0.2) is 41.3 Å². The second kappa shape index (κ2) is 14.1. The number of ether oxygens (including phenoxy) is 2. The third-order valence-corrected chi connectivity index (χ3v) is 8.82. The molecule has 4 rings (SSSR count). The quantitative estimate of drug-likeness (QED) is 0.141. The van der Waals surface area contributed by atoms with Crippen LogP contribution in [0.4, 0.5) is 33.7 Å². The summed E-state index contributed by atoms with van der Waals surface area (Å²) in [5.74, 6) is 5.92. The maximum atomic E-state index is 15.3. The summed E-state index contributed by atoms with van der Waals surface area (Å²) < 4.78 is 67.4. The smallest absolute Gasteiger partial charge is 0.446 e. The Morgan fingerprint density at radius 3 is 2.56 bits per heavy atom. The van der Waals surface area contributed by atoms with Gasteiger partial charge in [0.2, 0.25) is 0 Å². The number of halogens is 4. The van der Waals surface area contributed by atoms with Crippen molar-refractivity contribution in [2.75, 3.05) is 44.4 Å². The molecule has 1 aliphatic rings. The maximum Gasteiger partial charge on any atom is 0.446 e. The number of methoxy groups -OCH3 is 1. The van der Waals surface area contributed by atoms with Crippen LogP contribution in [0.1, 0.15) is 42.4 Å². The van der Waals surface area contributed by atoms with Gasteiger partial charge >= 0.3 is 11.6 Å². The van der Waals surface area contributed by atoms with E-state index in [2.05, 4.69) is 27.8 Å². The Bertz CT molecular complexity index is 1610. The molecule has 45 heavy (non-hydrogen) atoms. The summed E-state index contributed by atoms with van der Waals surface area (Å²) in [5, 5.41) is 9.12. The number of nitrogens with one attached hydrogen (secondary N) is 3. The van der Waals surface area contributed by atoms with Gasteiger partial charge < -0.3 is 30.3 Å². The van der Waals surface area contributed by atoms with Crippen LogP contribution in [-0.2, 0) is 4.74 Å². The molecule has 2 atom stereocenters. The topological polar surface area (TPSA) is 91.9 Å². The summed E-state index contributed by atoms with van der Waals surface area (Å²) in [6.07, 6.45) is -1.72. The number of hydrogen-bond donors (Lipinski definition) is 3. The highest BCUT2D eigenvalue weighted by Gasteiger charge is 2.35. The minimum atomic E-state index is -4.56. The zero-order valence-electron chi connectivity index (χ0n) is 25.4. The lowest BCUT2D eigenvalue weighted by Crippen LogP contribution is -2.51. The number of amides is 2. The SMILES string of the molecule is CNC(=O)c1ccc(OC)c(NCC#Cc2sc3c(N[C@@H]4CCN(C(=O)OC(C)(C)C)C[C@@H]4F)cccc3c2SC(F)(F)F)c1. The summed E-state index contributed by atoms with van der Waals surface area (Å²) >= 11 is 0.845. The van der Waals surface area contributed by atoms with Crippen LogP contribution in [0.25, 0.3) is 10.1 Å². The molecular weight excluding hydrogens is 632 g/mol. The molecule has 0 radical (unpaired) electrons. The molecule has 0 aliphatic carbocycles. The van der Waals surface area contributed by atoms with Gasteiger partial charge in [-0.2, -0.15) is 13.2 Å². The number of piperidine rings is 1. The molecule has 0 unspecified atom stereocenters. The first-order chi connectivity index (χ1) is 21.2. The van der Waals surface area contributed by atoms with Crippen molar-refractivity contribution in [2.24, 2.45) is 0 Å². The van der Waals surface area contributed by atoms with Crippen LogP contribution < -0.4 is 20.7 Å². The number of carbonyl (C=O) groups excluding carboxylic acids is 2. The number of benzene rings is 2. The van der Waals surface area contributed by atoms with E-state index in [0.717, 1.165) is 11.3 Å². The molecule has 8 nitrogen and oxygen atoms in total. The Labute approximate surface area is 267 Å².